The van der Waals surface area contributed by atoms with Gasteiger partial charge in [0.2, 0.25) is 5.91 Å². The van der Waals surface area contributed by atoms with Crippen LogP contribution in [0, 0.1) is 5.92 Å². The summed E-state index contributed by atoms with van der Waals surface area (Å²) >= 11 is 3.18. The molecular weight excluding hydrogens is 494 g/mol. The first-order chi connectivity index (χ1) is 16.1. The zero-order valence-electron chi connectivity index (χ0n) is 19.7. The van der Waals surface area contributed by atoms with E-state index in [9.17, 15) is 9.59 Å². The Morgan fingerprint density at radius 2 is 1.68 bits per heavy atom. The number of nitrogens with zero attached hydrogens (tertiary/aromatic N) is 1. The molecule has 4 rings (SSSR count). The summed E-state index contributed by atoms with van der Waals surface area (Å²) in [5.41, 5.74) is 7.49. The zero-order valence-corrected chi connectivity index (χ0v) is 21.3. The molecule has 1 heterocycles. The normalized spacial score (nSPS) is 17.9. The summed E-state index contributed by atoms with van der Waals surface area (Å²) in [5, 5.41) is 7.06. The van der Waals surface area contributed by atoms with Crippen molar-refractivity contribution < 1.29 is 14.0 Å². The first kappa shape index (κ1) is 24.0. The number of carbonyl (C=O) groups is 2. The molecule has 2 N–H and O–H groups in total. The lowest BCUT2D eigenvalue weighted by Crippen LogP contribution is -2.21. The van der Waals surface area contributed by atoms with E-state index < -0.39 is 0 Å². The number of anilines is 1. The number of benzene rings is 2. The molecule has 2 aromatic carbocycles. The minimum Gasteiger partial charge on any atom is -0.444 e. The number of halogens is 1. The van der Waals surface area contributed by atoms with E-state index in [0.717, 1.165) is 12.0 Å². The molecule has 2 amide bonds. The van der Waals surface area contributed by atoms with Gasteiger partial charge in [0.1, 0.15) is 0 Å². The lowest BCUT2D eigenvalue weighted by molar-refractivity contribution is -0.122. The molecule has 1 aromatic heterocycles. The molecule has 3 aromatic rings. The van der Waals surface area contributed by atoms with E-state index in [2.05, 4.69) is 76.8 Å². The second-order valence-corrected chi connectivity index (χ2v) is 10.4. The quantitative estimate of drug-likeness (QED) is 0.297. The lowest BCUT2D eigenvalue weighted by Gasteiger charge is -2.19. The van der Waals surface area contributed by atoms with Crippen molar-refractivity contribution >= 4 is 39.1 Å². The van der Waals surface area contributed by atoms with Crippen molar-refractivity contribution in [2.45, 2.75) is 45.4 Å². The van der Waals surface area contributed by atoms with Crippen LogP contribution in [-0.4, -0.2) is 17.5 Å². The van der Waals surface area contributed by atoms with Crippen LogP contribution in [-0.2, 0) is 10.2 Å². The van der Waals surface area contributed by atoms with Gasteiger partial charge in [-0.2, -0.15) is 5.10 Å². The van der Waals surface area contributed by atoms with Gasteiger partial charge < -0.3 is 9.73 Å². The fourth-order valence-corrected chi connectivity index (χ4v) is 4.10. The maximum absolute atomic E-state index is 12.6. The van der Waals surface area contributed by atoms with Gasteiger partial charge in [0, 0.05) is 11.6 Å². The van der Waals surface area contributed by atoms with E-state index in [-0.39, 0.29) is 34.8 Å². The van der Waals surface area contributed by atoms with Crippen molar-refractivity contribution in [3.63, 3.8) is 0 Å². The van der Waals surface area contributed by atoms with Gasteiger partial charge >= 0.3 is 0 Å². The number of hydrogen-bond donors (Lipinski definition) is 2. The topological polar surface area (TPSA) is 83.7 Å². The Kier molecular flexibility index (Phi) is 6.75. The number of nitrogens with one attached hydrogen (secondary N) is 2. The van der Waals surface area contributed by atoms with Gasteiger partial charge in [0.15, 0.2) is 10.4 Å². The van der Waals surface area contributed by atoms with Crippen LogP contribution in [0.3, 0.4) is 0 Å². The summed E-state index contributed by atoms with van der Waals surface area (Å²) in [4.78, 5) is 24.8. The summed E-state index contributed by atoms with van der Waals surface area (Å²) in [6.45, 7) is 8.42. The highest BCUT2D eigenvalue weighted by molar-refractivity contribution is 9.10. The lowest BCUT2D eigenvalue weighted by atomic mass is 9.86. The summed E-state index contributed by atoms with van der Waals surface area (Å²) in [7, 11) is 0. The van der Waals surface area contributed by atoms with E-state index in [4.69, 9.17) is 4.42 Å². The molecular formula is C27H28BrN3O3. The molecule has 1 aliphatic carbocycles. The Bertz CT molecular complexity index is 1220. The molecule has 1 fully saturated rings. The number of carbonyl (C=O) groups excluding carboxylic acids is 2. The second kappa shape index (κ2) is 9.58. The summed E-state index contributed by atoms with van der Waals surface area (Å²) in [6, 6.07) is 19.1. The summed E-state index contributed by atoms with van der Waals surface area (Å²) in [6.07, 6.45) is 0.843. The highest BCUT2D eigenvalue weighted by atomic mass is 79.9. The van der Waals surface area contributed by atoms with Gasteiger partial charge in [-0.25, -0.2) is 5.43 Å². The number of amides is 2. The maximum atomic E-state index is 12.6. The van der Waals surface area contributed by atoms with Crippen LogP contribution in [0.1, 0.15) is 67.3 Å². The van der Waals surface area contributed by atoms with Crippen LogP contribution < -0.4 is 10.7 Å². The third-order valence-corrected chi connectivity index (χ3v) is 6.45. The monoisotopic (exact) mass is 521 g/mol. The number of rotatable bonds is 6. The van der Waals surface area contributed by atoms with Gasteiger partial charge in [-0.05, 0) is 81.6 Å². The number of hydrogen-bond acceptors (Lipinski definition) is 4. The molecule has 0 saturated heterocycles. The van der Waals surface area contributed by atoms with Crippen LogP contribution in [0.4, 0.5) is 5.69 Å². The smallest absolute Gasteiger partial charge is 0.291 e. The first-order valence-electron chi connectivity index (χ1n) is 11.2. The predicted molar refractivity (Wildman–Crippen MR) is 137 cm³/mol. The molecule has 1 aliphatic rings. The largest absolute Gasteiger partial charge is 0.444 e. The van der Waals surface area contributed by atoms with E-state index in [1.54, 1.807) is 24.3 Å². The molecule has 34 heavy (non-hydrogen) atoms. The van der Waals surface area contributed by atoms with E-state index in [0.29, 0.717) is 16.1 Å². The standard InChI is InChI=1S/C27H28BrN3O3/c1-16(17-7-11-20(12-8-17)29-26(33)23-13-14-24(28)34-23)30-31-25(32)22-15-21(22)18-5-9-19(10-6-18)27(2,3)4/h5-14,21-22H,15H2,1-4H3,(H,29,33)(H,31,32)/b30-16-. The van der Waals surface area contributed by atoms with Crippen molar-refractivity contribution in [3.8, 4) is 0 Å². The molecule has 0 aliphatic heterocycles. The zero-order chi connectivity index (χ0) is 24.5. The van der Waals surface area contributed by atoms with Crippen molar-refractivity contribution in [3.05, 3.63) is 87.8 Å². The molecule has 6 nitrogen and oxygen atoms in total. The molecule has 176 valence electrons. The van der Waals surface area contributed by atoms with Crippen molar-refractivity contribution in [2.24, 2.45) is 11.0 Å². The van der Waals surface area contributed by atoms with Gasteiger partial charge in [0.25, 0.3) is 5.91 Å². The molecule has 7 heteroatoms. The predicted octanol–water partition coefficient (Wildman–Crippen LogP) is 6.24. The number of hydrazone groups is 1. The Labute approximate surface area is 208 Å². The Morgan fingerprint density at radius 1 is 1.00 bits per heavy atom. The molecule has 0 bridgehead atoms. The maximum Gasteiger partial charge on any atom is 0.291 e. The fourth-order valence-electron chi connectivity index (χ4n) is 3.79. The highest BCUT2D eigenvalue weighted by Gasteiger charge is 2.44. The minimum atomic E-state index is -0.330. The van der Waals surface area contributed by atoms with Gasteiger partial charge in [-0.15, -0.1) is 0 Å². The molecule has 1 saturated carbocycles. The van der Waals surface area contributed by atoms with Crippen LogP contribution >= 0.6 is 15.9 Å². The second-order valence-electron chi connectivity index (χ2n) is 9.63. The third-order valence-electron chi connectivity index (χ3n) is 6.02. The molecule has 2 unspecified atom stereocenters. The van der Waals surface area contributed by atoms with E-state index >= 15 is 0 Å². The summed E-state index contributed by atoms with van der Waals surface area (Å²) < 4.78 is 5.76. The van der Waals surface area contributed by atoms with Crippen molar-refractivity contribution in [2.75, 3.05) is 5.32 Å². The van der Waals surface area contributed by atoms with Crippen molar-refractivity contribution in [1.82, 2.24) is 5.43 Å². The van der Waals surface area contributed by atoms with Crippen LogP contribution in [0.15, 0.2) is 74.9 Å². The Morgan fingerprint density at radius 3 is 2.26 bits per heavy atom. The Hall–Kier alpha value is -3.19. The SMILES string of the molecule is C/C(=N/NC(=O)C1CC1c1ccc(C(C)(C)C)cc1)c1ccc(NC(=O)c2ccc(Br)o2)cc1. The van der Waals surface area contributed by atoms with E-state index in [1.807, 2.05) is 19.1 Å². The fraction of sp³-hybridized carbons (Fsp3) is 0.296. The van der Waals surface area contributed by atoms with Crippen LogP contribution in [0.25, 0.3) is 0 Å². The van der Waals surface area contributed by atoms with Gasteiger partial charge in [-0.1, -0.05) is 57.2 Å². The average Bonchev–Trinajstić information content (AvgIpc) is 3.50. The highest BCUT2D eigenvalue weighted by Crippen LogP contribution is 2.47. The minimum absolute atomic E-state index is 0.0451. The number of furan rings is 1. The summed E-state index contributed by atoms with van der Waals surface area (Å²) in [5.74, 6) is 0.0410. The molecule has 2 atom stereocenters. The van der Waals surface area contributed by atoms with Crippen LogP contribution in [0.5, 0.6) is 0 Å². The van der Waals surface area contributed by atoms with E-state index in [1.165, 1.54) is 11.1 Å². The third kappa shape index (κ3) is 5.65. The van der Waals surface area contributed by atoms with Crippen LogP contribution in [0.2, 0.25) is 0 Å². The Balaban J connectivity index is 1.31. The molecule has 0 radical (unpaired) electrons. The van der Waals surface area contributed by atoms with Gasteiger partial charge in [0.05, 0.1) is 5.71 Å². The first-order valence-corrected chi connectivity index (χ1v) is 12.0. The average molecular weight is 522 g/mol. The van der Waals surface area contributed by atoms with Gasteiger partial charge in [-0.3, -0.25) is 9.59 Å². The molecule has 0 spiro atoms. The van der Waals surface area contributed by atoms with Crippen molar-refractivity contribution in [1.29, 1.82) is 0 Å².